The first-order chi connectivity index (χ1) is 60.7. The number of Topliss-reactive ketones (excluding diaryl/α,β-unsaturated/α-hetero) is 9. The Morgan fingerprint density at radius 2 is 0.623 bits per heavy atom. The summed E-state index contributed by atoms with van der Waals surface area (Å²) in [4.78, 5) is 173. The van der Waals surface area contributed by atoms with E-state index in [-0.39, 0.29) is 88.7 Å². The zero-order valence-electron chi connectivity index (χ0n) is 71.9. The van der Waals surface area contributed by atoms with E-state index in [2.05, 4.69) is 0 Å². The van der Waals surface area contributed by atoms with Crippen LogP contribution >= 0.6 is 0 Å². The maximum Gasteiger partial charge on any atom is 0.302 e. The molecule has 4 aromatic carbocycles. The molecule has 12 aliphatic rings. The number of amides is 3. The maximum atomic E-state index is 13.8. The van der Waals surface area contributed by atoms with Crippen LogP contribution in [0.15, 0.2) is 140 Å². The van der Waals surface area contributed by atoms with Crippen LogP contribution in [-0.4, -0.2) is 323 Å². The fourth-order valence-electron chi connectivity index (χ4n) is 21.9. The minimum Gasteiger partial charge on any atom is -0.508 e. The first kappa shape index (κ1) is 94.5. The Balaban J connectivity index is 0.000000148. The van der Waals surface area contributed by atoms with E-state index in [0.29, 0.717) is 22.3 Å². The number of hydrogen-bond donors (Lipinski definition) is 20. The van der Waals surface area contributed by atoms with Gasteiger partial charge in [-0.15, -0.1) is 0 Å². The van der Waals surface area contributed by atoms with Crippen molar-refractivity contribution in [1.29, 1.82) is 0 Å². The Morgan fingerprint density at radius 1 is 0.377 bits per heavy atom. The van der Waals surface area contributed by atoms with Gasteiger partial charge >= 0.3 is 5.97 Å². The van der Waals surface area contributed by atoms with Gasteiger partial charge in [0.1, 0.15) is 97.5 Å². The SMILES string of the molecule is CC(=O)O[C@@H]1[C@H]2[C@H](N(C)C)C(=O)C(C(N)=O)=C(O)[C@@]2(O)C(=O)C2=C(O)c3c(O)cccc3C[C@H]21.CCO[C@@H]1[C@H]2[C@H](N(C)C)C(=O)C(C(C)=O)=C(O)[C@@]2(O)C(=O)C2=C(O)c3c(O)cccc3C[C@H]21.CN(C)[C@@H]1C(=O)C(C(N)=O)=C(O)[C@@]2(O)C(=O)C3=C(O)c4c(O)cccc4C[C@H]3[C@H](O)[C@@H]12.CO[C@@H]1[C@H]2[C@H](N(C)C)C(=O)C(C(N)=O)=C(O)[C@@]2(O)C(=O)C2=C(O)c3c(O)cccc3C[C@H]21. The molecule has 0 aliphatic heterocycles. The third-order valence-corrected chi connectivity index (χ3v) is 27.1. The lowest BCUT2D eigenvalue weighted by Crippen LogP contribution is -2.70. The van der Waals surface area contributed by atoms with Gasteiger partial charge in [-0.2, -0.15) is 0 Å². The van der Waals surface area contributed by atoms with Gasteiger partial charge in [-0.05, 0) is 142 Å². The summed E-state index contributed by atoms with van der Waals surface area (Å²) in [7, 11) is 13.4. The molecule has 3 amide bonds. The fraction of sp³-hybridized carbons (Fsp3) is 0.411. The third kappa shape index (κ3) is 13.5. The number of hydrogen-bond acceptors (Lipinski definition) is 37. The second-order valence-electron chi connectivity index (χ2n) is 34.8. The van der Waals surface area contributed by atoms with Crippen molar-refractivity contribution in [2.24, 2.45) is 64.5 Å². The molecule has 0 spiro atoms. The minimum absolute atomic E-state index is 0.0148. The lowest BCUT2D eigenvalue weighted by molar-refractivity contribution is -0.183. The Labute approximate surface area is 738 Å². The minimum atomic E-state index is -2.92. The zero-order valence-corrected chi connectivity index (χ0v) is 71.9. The molecule has 20 atom stereocenters. The number of esters is 1. The number of likely N-dealkylation sites (N-methyl/N-ethyl adjacent to an activating group) is 4. The van der Waals surface area contributed by atoms with Gasteiger partial charge in [0.15, 0.2) is 51.3 Å². The van der Waals surface area contributed by atoms with Crippen LogP contribution in [0.25, 0.3) is 23.0 Å². The van der Waals surface area contributed by atoms with Gasteiger partial charge in [-0.25, -0.2) is 0 Å². The lowest BCUT2D eigenvalue weighted by Gasteiger charge is -2.53. The molecule has 23 N–H and O–H groups in total. The molecule has 0 aromatic heterocycles. The largest absolute Gasteiger partial charge is 0.508 e. The third-order valence-electron chi connectivity index (χ3n) is 27.1. The van der Waals surface area contributed by atoms with E-state index < -0.39 is 274 Å². The highest BCUT2D eigenvalue weighted by Gasteiger charge is 2.73. The second kappa shape index (κ2) is 33.4. The quantitative estimate of drug-likeness (QED) is 0.0604. The highest BCUT2D eigenvalue weighted by atomic mass is 16.5. The lowest BCUT2D eigenvalue weighted by atomic mass is 9.56. The van der Waals surface area contributed by atoms with Crippen LogP contribution in [0.5, 0.6) is 23.0 Å². The van der Waals surface area contributed by atoms with Crippen LogP contribution in [0.1, 0.15) is 65.3 Å². The van der Waals surface area contributed by atoms with Gasteiger partial charge in [-0.1, -0.05) is 48.5 Å². The predicted molar refractivity (Wildman–Crippen MR) is 448 cm³/mol. The first-order valence-electron chi connectivity index (χ1n) is 40.8. The molecule has 4 aromatic rings. The summed E-state index contributed by atoms with van der Waals surface area (Å²) in [5.41, 5.74) is 2.02. The number of methoxy groups -OCH3 is 1. The molecule has 0 saturated heterocycles. The molecular formula is C90H97N7O33. The molecule has 130 heavy (non-hydrogen) atoms. The normalized spacial score (nSPS) is 31.7. The summed E-state index contributed by atoms with van der Waals surface area (Å²) in [6.45, 7) is 4.05. The molecule has 40 nitrogen and oxygen atoms in total. The van der Waals surface area contributed by atoms with Crippen molar-refractivity contribution in [2.75, 3.05) is 70.1 Å². The Kier molecular flexibility index (Phi) is 24.3. The van der Waals surface area contributed by atoms with E-state index >= 15 is 0 Å². The Bertz CT molecular complexity index is 6000. The highest BCUT2D eigenvalue weighted by Crippen LogP contribution is 2.60. The number of nitrogens with zero attached hydrogens (tertiary/aromatic N) is 4. The fourth-order valence-corrected chi connectivity index (χ4v) is 21.9. The Hall–Kier alpha value is -13.1. The standard InChI is InChI=1S/C24H27NO8.C23H24N2O9.C22H24N2O8.C21H22N2O8/c1-5-33-21-12-9-11-7-6-8-13(27)15(11)19(28)16(12)23(31)24(32)17(21)18(25(3)4)20(29)14(10(2)26)22(24)30;1-8(26)34-19-10-7-9-5-4-6-11(27)12(9)17(28)13(10)20(30)23(33)15(19)16(25(2)3)18(29)14(21(23)31)22(24)32;1-24(2)15-14-18(32-3)9-7-8-5-4-6-10(25)11(8)16(26)12(9)19(28)22(14,31)20(29)13(17(15)27)21(23)30;1-23(2)14-13-15(25)8-6-7-4-3-5-9(24)10(7)16(26)11(8)18(28)21(13,31)19(29)12(17(14)27)20(22)30/h6-8,12,17-18,21,27-28,30,32H,5,9H2,1-4H3;4-6,10,15-16,19,27-28,31,33H,7H2,1-3H3,(H2,24,32);4-6,9,14-15,18,25-26,29,31H,7H2,1-3H3,(H2,23,30);3-5,8,13-15,24-26,29,31H,6H2,1-2H3,(H2,22,30)/t12-,17-,18+,21+,24-;10-,15-,16+,19+,23+;9-,14-,15+,18+,22+;8-,13-,14+,15+,21+/m1111/s1. The van der Waals surface area contributed by atoms with Crippen LogP contribution in [0, 0.1) is 47.3 Å². The molecule has 0 bridgehead atoms. The topological polar surface area (TPSA) is 685 Å². The van der Waals surface area contributed by atoms with E-state index in [1.165, 1.54) is 99.3 Å². The predicted octanol–water partition coefficient (Wildman–Crippen LogP) is -0.888. The van der Waals surface area contributed by atoms with Crippen molar-refractivity contribution in [2.45, 2.75) is 117 Å². The average molecular weight is 1800 g/mol. The number of phenolic OH excluding ortho intramolecular Hbond substituents is 4. The molecule has 12 aliphatic carbocycles. The molecule has 0 unspecified atom stereocenters. The molecule has 690 valence electrons. The number of carbonyl (C=O) groups is 13. The molecule has 4 saturated carbocycles. The number of phenols is 4. The van der Waals surface area contributed by atoms with Crippen LogP contribution in [-0.2, 0) is 102 Å². The van der Waals surface area contributed by atoms with Crippen molar-refractivity contribution in [3.8, 4) is 23.0 Å². The van der Waals surface area contributed by atoms with Gasteiger partial charge in [0.05, 0.1) is 88.4 Å². The number of fused-ring (bicyclic) bond motifs is 12. The number of rotatable bonds is 12. The molecule has 40 heteroatoms. The molecule has 0 heterocycles. The van der Waals surface area contributed by atoms with Crippen molar-refractivity contribution in [1.82, 2.24) is 19.6 Å². The summed E-state index contributed by atoms with van der Waals surface area (Å²) in [6.07, 6.45) is -4.50. The van der Waals surface area contributed by atoms with E-state index in [9.17, 15) is 149 Å². The zero-order chi connectivity index (χ0) is 96.4. The van der Waals surface area contributed by atoms with Crippen molar-refractivity contribution in [3.63, 3.8) is 0 Å². The van der Waals surface area contributed by atoms with E-state index in [1.54, 1.807) is 63.5 Å². The van der Waals surface area contributed by atoms with Crippen molar-refractivity contribution in [3.05, 3.63) is 185 Å². The van der Waals surface area contributed by atoms with Crippen LogP contribution < -0.4 is 17.2 Å². The highest BCUT2D eigenvalue weighted by molar-refractivity contribution is 6.28. The number of carbonyl (C=O) groups excluding carboxylic acids is 13. The van der Waals surface area contributed by atoms with E-state index in [4.69, 9.17) is 31.4 Å². The van der Waals surface area contributed by atoms with Crippen LogP contribution in [0.3, 0.4) is 0 Å². The number of aliphatic hydroxyl groups is 13. The number of aliphatic hydroxyl groups excluding tert-OH is 9. The monoisotopic (exact) mass is 1800 g/mol. The number of ether oxygens (including phenoxy) is 3. The van der Waals surface area contributed by atoms with Crippen molar-refractivity contribution >= 4 is 98.8 Å². The summed E-state index contributed by atoms with van der Waals surface area (Å²) < 4.78 is 17.2. The first-order valence-corrected chi connectivity index (χ1v) is 40.8. The molecule has 0 radical (unpaired) electrons. The van der Waals surface area contributed by atoms with Crippen LogP contribution in [0.2, 0.25) is 0 Å². The molecule has 16 rings (SSSR count). The number of primary amides is 3. The summed E-state index contributed by atoms with van der Waals surface area (Å²) in [5, 5.41) is 186. The number of aromatic hydroxyl groups is 4. The van der Waals surface area contributed by atoms with E-state index in [0.717, 1.165) is 13.8 Å². The number of nitrogens with two attached hydrogens (primary N) is 3. The molecular weight excluding hydrogens is 1710 g/mol. The van der Waals surface area contributed by atoms with Crippen LogP contribution in [0.4, 0.5) is 0 Å². The second-order valence-corrected chi connectivity index (χ2v) is 34.8. The summed E-state index contributed by atoms with van der Waals surface area (Å²) in [6, 6.07) is 13.1. The number of ketones is 9. The average Bonchev–Trinajstić information content (AvgIpc) is 0.700. The van der Waals surface area contributed by atoms with Gasteiger partial charge in [0.25, 0.3) is 17.7 Å². The summed E-state index contributed by atoms with van der Waals surface area (Å²) in [5.74, 6) is -30.8. The van der Waals surface area contributed by atoms with Gasteiger partial charge in [0.2, 0.25) is 23.1 Å². The maximum absolute atomic E-state index is 13.8. The number of benzene rings is 4. The molecule has 4 fully saturated rings. The smallest absolute Gasteiger partial charge is 0.302 e. The van der Waals surface area contributed by atoms with Gasteiger partial charge in [0, 0.05) is 66.6 Å². The van der Waals surface area contributed by atoms with Crippen molar-refractivity contribution < 1.29 is 163 Å². The van der Waals surface area contributed by atoms with E-state index in [1.807, 2.05) is 0 Å². The van der Waals surface area contributed by atoms with Gasteiger partial charge < -0.3 is 118 Å². The summed E-state index contributed by atoms with van der Waals surface area (Å²) >= 11 is 0. The Morgan fingerprint density at radius 3 is 0.900 bits per heavy atom. The van der Waals surface area contributed by atoms with Gasteiger partial charge in [-0.3, -0.25) is 81.9 Å².